The summed E-state index contributed by atoms with van der Waals surface area (Å²) in [5, 5.41) is 0.503. The summed E-state index contributed by atoms with van der Waals surface area (Å²) < 4.78 is 26.9. The molecule has 6 nitrogen and oxygen atoms in total. The monoisotopic (exact) mass is 348 g/mol. The average molecular weight is 349 g/mol. The van der Waals surface area contributed by atoms with Crippen LogP contribution in [0.25, 0.3) is 0 Å². The fourth-order valence-corrected chi connectivity index (χ4v) is 3.17. The van der Waals surface area contributed by atoms with E-state index in [1.54, 1.807) is 26.0 Å². The van der Waals surface area contributed by atoms with E-state index in [2.05, 4.69) is 0 Å². The summed E-state index contributed by atoms with van der Waals surface area (Å²) in [5.74, 6) is -1.19. The first-order valence-electron chi connectivity index (χ1n) is 6.72. The van der Waals surface area contributed by atoms with Crippen LogP contribution in [-0.2, 0) is 23.1 Å². The van der Waals surface area contributed by atoms with E-state index in [0.717, 1.165) is 0 Å². The van der Waals surface area contributed by atoms with Crippen LogP contribution in [0.5, 0.6) is 0 Å². The van der Waals surface area contributed by atoms with Crippen molar-refractivity contribution in [1.82, 2.24) is 0 Å². The lowest BCUT2D eigenvalue weighted by atomic mass is 10.1. The smallest absolute Gasteiger partial charge is 0.341 e. The molecule has 0 N–H and O–H groups in total. The Labute approximate surface area is 134 Å². The SMILES string of the molecule is CCOP(=O)(CC(=O)OCC(=O)c1ccc(Cl)cc1)OCC. The molecule has 1 aromatic rings. The van der Waals surface area contributed by atoms with Crippen molar-refractivity contribution in [1.29, 1.82) is 0 Å². The van der Waals surface area contributed by atoms with Gasteiger partial charge >= 0.3 is 13.6 Å². The molecule has 0 aromatic heterocycles. The molecule has 0 radical (unpaired) electrons. The van der Waals surface area contributed by atoms with Crippen molar-refractivity contribution in [3.63, 3.8) is 0 Å². The number of ether oxygens (including phenoxy) is 1. The molecule has 0 amide bonds. The van der Waals surface area contributed by atoms with E-state index in [9.17, 15) is 14.2 Å². The summed E-state index contributed by atoms with van der Waals surface area (Å²) in [6, 6.07) is 6.19. The molecule has 8 heteroatoms. The van der Waals surface area contributed by atoms with Crippen LogP contribution >= 0.6 is 19.2 Å². The van der Waals surface area contributed by atoms with E-state index in [1.807, 2.05) is 0 Å². The molecule has 0 aliphatic heterocycles. The van der Waals surface area contributed by atoms with Gasteiger partial charge in [-0.3, -0.25) is 14.2 Å². The second-order valence-corrected chi connectivity index (χ2v) is 6.69. The summed E-state index contributed by atoms with van der Waals surface area (Å²) in [6.45, 7) is 3.13. The van der Waals surface area contributed by atoms with Gasteiger partial charge in [0.05, 0.1) is 13.2 Å². The number of Topliss-reactive ketones (excluding diaryl/α,β-unsaturated/α-hetero) is 1. The minimum absolute atomic E-state index is 0.147. The zero-order valence-electron chi connectivity index (χ0n) is 12.4. The topological polar surface area (TPSA) is 78.9 Å². The highest BCUT2D eigenvalue weighted by atomic mass is 35.5. The van der Waals surface area contributed by atoms with Gasteiger partial charge in [-0.2, -0.15) is 0 Å². The maximum absolute atomic E-state index is 12.1. The molecular weight excluding hydrogens is 331 g/mol. The van der Waals surface area contributed by atoms with Gasteiger partial charge in [-0.25, -0.2) is 0 Å². The van der Waals surface area contributed by atoms with Crippen LogP contribution in [0, 0.1) is 0 Å². The third-order valence-electron chi connectivity index (χ3n) is 2.50. The summed E-state index contributed by atoms with van der Waals surface area (Å²) >= 11 is 5.72. The maximum atomic E-state index is 12.1. The van der Waals surface area contributed by atoms with Crippen molar-refractivity contribution in [3.05, 3.63) is 34.9 Å². The van der Waals surface area contributed by atoms with Gasteiger partial charge in [0.2, 0.25) is 0 Å². The lowest BCUT2D eigenvalue weighted by Crippen LogP contribution is -2.18. The Morgan fingerprint density at radius 2 is 1.64 bits per heavy atom. The number of esters is 1. The standard InChI is InChI=1S/C14H18ClO6P/c1-3-20-22(18,21-4-2)10-14(17)19-9-13(16)11-5-7-12(15)8-6-11/h5-8H,3-4,9-10H2,1-2H3. The van der Waals surface area contributed by atoms with Crippen LogP contribution in [0.1, 0.15) is 24.2 Å². The van der Waals surface area contributed by atoms with Crippen molar-refractivity contribution in [3.8, 4) is 0 Å². The number of ketones is 1. The second-order valence-electron chi connectivity index (χ2n) is 4.20. The Kier molecular flexibility index (Phi) is 7.76. The molecule has 0 fully saturated rings. The number of benzene rings is 1. The first kappa shape index (κ1) is 18.8. The highest BCUT2D eigenvalue weighted by molar-refractivity contribution is 7.54. The van der Waals surface area contributed by atoms with E-state index in [1.165, 1.54) is 12.1 Å². The molecule has 0 saturated carbocycles. The van der Waals surface area contributed by atoms with Crippen molar-refractivity contribution in [2.45, 2.75) is 13.8 Å². The molecule has 1 aromatic carbocycles. The van der Waals surface area contributed by atoms with Gasteiger partial charge in [0, 0.05) is 10.6 Å². The Bertz CT molecular complexity index is 547. The van der Waals surface area contributed by atoms with Crippen molar-refractivity contribution < 1.29 is 27.9 Å². The van der Waals surface area contributed by atoms with Crippen molar-refractivity contribution in [2.24, 2.45) is 0 Å². The van der Waals surface area contributed by atoms with Crippen LogP contribution in [-0.4, -0.2) is 37.7 Å². The fraction of sp³-hybridized carbons (Fsp3) is 0.429. The molecule has 122 valence electrons. The van der Waals surface area contributed by atoms with Crippen molar-refractivity contribution in [2.75, 3.05) is 26.0 Å². The van der Waals surface area contributed by atoms with Gasteiger partial charge in [-0.15, -0.1) is 0 Å². The van der Waals surface area contributed by atoms with Gasteiger partial charge in [0.25, 0.3) is 0 Å². The fourth-order valence-electron chi connectivity index (χ4n) is 1.59. The second kappa shape index (κ2) is 9.06. The van der Waals surface area contributed by atoms with E-state index >= 15 is 0 Å². The molecule has 0 spiro atoms. The molecular formula is C14H18ClO6P. The minimum Gasteiger partial charge on any atom is -0.457 e. The van der Waals surface area contributed by atoms with Gasteiger partial charge in [-0.05, 0) is 38.1 Å². The number of carbonyl (C=O) groups excluding carboxylic acids is 2. The number of hydrogen-bond acceptors (Lipinski definition) is 6. The summed E-state index contributed by atoms with van der Waals surface area (Å²) in [7, 11) is -3.52. The first-order chi connectivity index (χ1) is 10.4. The van der Waals surface area contributed by atoms with Gasteiger partial charge < -0.3 is 13.8 Å². The predicted molar refractivity (Wildman–Crippen MR) is 82.5 cm³/mol. The van der Waals surface area contributed by atoms with Crippen LogP contribution < -0.4 is 0 Å². The molecule has 0 heterocycles. The first-order valence-corrected chi connectivity index (χ1v) is 8.83. The molecule has 0 unspecified atom stereocenters. The van der Waals surface area contributed by atoms with Gasteiger partial charge in [-0.1, -0.05) is 11.6 Å². The third-order valence-corrected chi connectivity index (χ3v) is 4.71. The summed E-state index contributed by atoms with van der Waals surface area (Å²) in [6.07, 6.45) is -0.525. The predicted octanol–water partition coefficient (Wildman–Crippen LogP) is 3.33. The quantitative estimate of drug-likeness (QED) is 0.387. The highest BCUT2D eigenvalue weighted by Crippen LogP contribution is 2.47. The van der Waals surface area contributed by atoms with Gasteiger partial charge in [0.15, 0.2) is 12.4 Å². The molecule has 0 bridgehead atoms. The van der Waals surface area contributed by atoms with E-state index in [4.69, 9.17) is 25.4 Å². The van der Waals surface area contributed by atoms with Crippen LogP contribution in [0.3, 0.4) is 0 Å². The van der Waals surface area contributed by atoms with Gasteiger partial charge in [0.1, 0.15) is 6.16 Å². The number of halogens is 1. The molecule has 0 atom stereocenters. The van der Waals surface area contributed by atoms with E-state index < -0.39 is 26.3 Å². The Hall–Kier alpha value is -1.20. The molecule has 1 rings (SSSR count). The highest BCUT2D eigenvalue weighted by Gasteiger charge is 2.28. The zero-order valence-corrected chi connectivity index (χ0v) is 14.1. The third kappa shape index (κ3) is 6.28. The zero-order chi connectivity index (χ0) is 16.6. The van der Waals surface area contributed by atoms with Crippen LogP contribution in [0.2, 0.25) is 5.02 Å². The molecule has 0 aliphatic rings. The molecule has 0 saturated heterocycles. The molecule has 0 aliphatic carbocycles. The average Bonchev–Trinajstić information content (AvgIpc) is 2.45. The largest absolute Gasteiger partial charge is 0.457 e. The number of rotatable bonds is 9. The Morgan fingerprint density at radius 1 is 1.09 bits per heavy atom. The van der Waals surface area contributed by atoms with E-state index in [0.29, 0.717) is 10.6 Å². The van der Waals surface area contributed by atoms with E-state index in [-0.39, 0.29) is 19.0 Å². The molecule has 22 heavy (non-hydrogen) atoms. The number of hydrogen-bond donors (Lipinski definition) is 0. The van der Waals surface area contributed by atoms with Crippen molar-refractivity contribution >= 4 is 30.9 Å². The lowest BCUT2D eigenvalue weighted by Gasteiger charge is -2.15. The maximum Gasteiger partial charge on any atom is 0.341 e. The lowest BCUT2D eigenvalue weighted by molar-refractivity contribution is -0.139. The Morgan fingerprint density at radius 3 is 2.14 bits per heavy atom. The summed E-state index contributed by atoms with van der Waals surface area (Å²) in [4.78, 5) is 23.5. The normalized spacial score (nSPS) is 11.2. The minimum atomic E-state index is -3.52. The van der Waals surface area contributed by atoms with Crippen LogP contribution in [0.15, 0.2) is 24.3 Å². The number of carbonyl (C=O) groups is 2. The van der Waals surface area contributed by atoms with Crippen LogP contribution in [0.4, 0.5) is 0 Å². The summed E-state index contributed by atoms with van der Waals surface area (Å²) in [5.41, 5.74) is 0.370. The Balaban J connectivity index is 2.53.